The molecule has 180 valence electrons. The first kappa shape index (κ1) is 24.7. The van der Waals surface area contributed by atoms with Crippen molar-refractivity contribution in [3.05, 3.63) is 71.2 Å². The predicted octanol–water partition coefficient (Wildman–Crippen LogP) is 3.58. The Morgan fingerprint density at radius 3 is 2.18 bits per heavy atom. The number of hydrogen-bond acceptors (Lipinski definition) is 5. The molecule has 8 nitrogen and oxygen atoms in total. The zero-order chi connectivity index (χ0) is 24.9. The van der Waals surface area contributed by atoms with Gasteiger partial charge in [0.2, 0.25) is 0 Å². The summed E-state index contributed by atoms with van der Waals surface area (Å²) in [5, 5.41) is 9.59. The van der Waals surface area contributed by atoms with Gasteiger partial charge in [0.15, 0.2) is 5.82 Å². The molecule has 2 N–H and O–H groups in total. The Morgan fingerprint density at radius 1 is 1.00 bits per heavy atom. The summed E-state index contributed by atoms with van der Waals surface area (Å²) in [6.07, 6.45) is -2.42. The molecule has 0 aliphatic heterocycles. The van der Waals surface area contributed by atoms with E-state index in [4.69, 9.17) is 4.74 Å². The fourth-order valence-corrected chi connectivity index (χ4v) is 3.24. The number of pyridine rings is 1. The number of rotatable bonds is 8. The number of amides is 2. The molecule has 3 rings (SSSR count). The highest BCUT2D eigenvalue weighted by atomic mass is 19.4. The van der Waals surface area contributed by atoms with E-state index in [1.165, 1.54) is 24.1 Å². The molecular formula is C23H24F3N5O3. The highest BCUT2D eigenvalue weighted by Gasteiger charge is 2.31. The number of nitrogens with one attached hydrogen (secondary N) is 2. The van der Waals surface area contributed by atoms with E-state index in [0.717, 1.165) is 12.3 Å². The standard InChI is InChI=1S/C23H24F3N5O3/c1-14(2)20-18(13-30-31(20)19-9-6-16(12-29-19)23(24,25)26)22(33)28-11-10-27-21(32)15-4-7-17(34-3)8-5-15/h4-9,12-14H,10-11H2,1-3H3,(H,27,32)(H,28,33). The van der Waals surface area contributed by atoms with Crippen LogP contribution in [0.2, 0.25) is 0 Å². The minimum atomic E-state index is -4.50. The van der Waals surface area contributed by atoms with E-state index in [0.29, 0.717) is 17.0 Å². The number of hydrogen-bond donors (Lipinski definition) is 2. The topological polar surface area (TPSA) is 98.1 Å². The third-order valence-electron chi connectivity index (χ3n) is 4.94. The number of ether oxygens (including phenoxy) is 1. The highest BCUT2D eigenvalue weighted by molar-refractivity contribution is 5.96. The monoisotopic (exact) mass is 475 g/mol. The van der Waals surface area contributed by atoms with Gasteiger partial charge in [-0.25, -0.2) is 9.67 Å². The molecule has 0 bridgehead atoms. The molecule has 11 heteroatoms. The van der Waals surface area contributed by atoms with Gasteiger partial charge in [0.1, 0.15) is 5.75 Å². The maximum atomic E-state index is 12.8. The fraction of sp³-hybridized carbons (Fsp3) is 0.304. The van der Waals surface area contributed by atoms with E-state index >= 15 is 0 Å². The van der Waals surface area contributed by atoms with Crippen LogP contribution < -0.4 is 15.4 Å². The second-order valence-electron chi connectivity index (χ2n) is 7.65. The molecule has 0 spiro atoms. The van der Waals surface area contributed by atoms with E-state index in [1.54, 1.807) is 24.3 Å². The lowest BCUT2D eigenvalue weighted by Gasteiger charge is -2.13. The zero-order valence-electron chi connectivity index (χ0n) is 18.8. The van der Waals surface area contributed by atoms with Gasteiger partial charge in [-0.05, 0) is 42.3 Å². The summed E-state index contributed by atoms with van der Waals surface area (Å²) in [6, 6.07) is 8.73. The van der Waals surface area contributed by atoms with Crippen molar-refractivity contribution in [1.29, 1.82) is 0 Å². The van der Waals surface area contributed by atoms with Crippen LogP contribution in [-0.2, 0) is 6.18 Å². The lowest BCUT2D eigenvalue weighted by atomic mass is 10.1. The number of benzene rings is 1. The normalized spacial score (nSPS) is 11.4. The molecule has 34 heavy (non-hydrogen) atoms. The maximum Gasteiger partial charge on any atom is 0.417 e. The molecule has 0 radical (unpaired) electrons. The van der Waals surface area contributed by atoms with Crippen LogP contribution in [0.4, 0.5) is 13.2 Å². The summed E-state index contributed by atoms with van der Waals surface area (Å²) in [6.45, 7) is 4.04. The molecular weight excluding hydrogens is 451 g/mol. The molecule has 0 atom stereocenters. The molecule has 0 unspecified atom stereocenters. The molecule has 0 saturated heterocycles. The third kappa shape index (κ3) is 5.72. The van der Waals surface area contributed by atoms with Gasteiger partial charge < -0.3 is 15.4 Å². The van der Waals surface area contributed by atoms with Crippen molar-refractivity contribution < 1.29 is 27.5 Å². The van der Waals surface area contributed by atoms with Gasteiger partial charge in [-0.2, -0.15) is 18.3 Å². The van der Waals surface area contributed by atoms with Gasteiger partial charge in [-0.3, -0.25) is 9.59 Å². The Labute approximate surface area is 194 Å². The summed E-state index contributed by atoms with van der Waals surface area (Å²) in [5.74, 6) is -0.0667. The number of alkyl halides is 3. The summed E-state index contributed by atoms with van der Waals surface area (Å²) in [7, 11) is 1.53. The first-order valence-electron chi connectivity index (χ1n) is 10.4. The molecule has 3 aromatic rings. The number of aromatic nitrogens is 3. The Bertz CT molecular complexity index is 1140. The van der Waals surface area contributed by atoms with Crippen LogP contribution in [0.5, 0.6) is 5.75 Å². The molecule has 0 saturated carbocycles. The smallest absolute Gasteiger partial charge is 0.417 e. The molecule has 0 aliphatic carbocycles. The third-order valence-corrected chi connectivity index (χ3v) is 4.94. The highest BCUT2D eigenvalue weighted by Crippen LogP contribution is 2.29. The van der Waals surface area contributed by atoms with Gasteiger partial charge >= 0.3 is 6.18 Å². The van der Waals surface area contributed by atoms with E-state index in [-0.39, 0.29) is 36.3 Å². The lowest BCUT2D eigenvalue weighted by molar-refractivity contribution is -0.137. The second kappa shape index (κ2) is 10.4. The molecule has 0 aliphatic rings. The maximum absolute atomic E-state index is 12.8. The Hall–Kier alpha value is -3.89. The Kier molecular flexibility index (Phi) is 7.54. The number of carbonyl (C=O) groups is 2. The van der Waals surface area contributed by atoms with Crippen LogP contribution in [0.1, 0.15) is 51.7 Å². The van der Waals surface area contributed by atoms with Gasteiger partial charge in [-0.1, -0.05) is 13.8 Å². The first-order chi connectivity index (χ1) is 16.1. The van der Waals surface area contributed by atoms with E-state index in [1.807, 2.05) is 13.8 Å². The summed E-state index contributed by atoms with van der Waals surface area (Å²) < 4.78 is 44.9. The minimum absolute atomic E-state index is 0.165. The SMILES string of the molecule is COc1ccc(C(=O)NCCNC(=O)c2cnn(-c3ccc(C(F)(F)F)cn3)c2C(C)C)cc1. The summed E-state index contributed by atoms with van der Waals surface area (Å²) in [4.78, 5) is 28.8. The summed E-state index contributed by atoms with van der Waals surface area (Å²) in [5.41, 5.74) is 0.369. The number of methoxy groups -OCH3 is 1. The second-order valence-corrected chi connectivity index (χ2v) is 7.65. The van der Waals surface area contributed by atoms with Crippen molar-refractivity contribution >= 4 is 11.8 Å². The van der Waals surface area contributed by atoms with Crippen LogP contribution >= 0.6 is 0 Å². The molecule has 0 fully saturated rings. The van der Waals surface area contributed by atoms with Crippen LogP contribution in [0.3, 0.4) is 0 Å². The van der Waals surface area contributed by atoms with Crippen LogP contribution in [0.25, 0.3) is 5.82 Å². The van der Waals surface area contributed by atoms with E-state index in [9.17, 15) is 22.8 Å². The number of halogens is 3. The van der Waals surface area contributed by atoms with Crippen LogP contribution in [0, 0.1) is 0 Å². The quantitative estimate of drug-likeness (QED) is 0.486. The van der Waals surface area contributed by atoms with E-state index < -0.39 is 17.6 Å². The van der Waals surface area contributed by atoms with E-state index in [2.05, 4.69) is 20.7 Å². The van der Waals surface area contributed by atoms with Crippen molar-refractivity contribution in [2.24, 2.45) is 0 Å². The van der Waals surface area contributed by atoms with Crippen molar-refractivity contribution in [2.75, 3.05) is 20.2 Å². The van der Waals surface area contributed by atoms with Gasteiger partial charge in [0.25, 0.3) is 11.8 Å². The van der Waals surface area contributed by atoms with Crippen LogP contribution in [-0.4, -0.2) is 46.8 Å². The van der Waals surface area contributed by atoms with Gasteiger partial charge in [-0.15, -0.1) is 0 Å². The van der Waals surface area contributed by atoms with Crippen molar-refractivity contribution in [3.63, 3.8) is 0 Å². The first-order valence-corrected chi connectivity index (χ1v) is 10.4. The Morgan fingerprint density at radius 2 is 1.65 bits per heavy atom. The van der Waals surface area contributed by atoms with Crippen LogP contribution in [0.15, 0.2) is 48.8 Å². The fourth-order valence-electron chi connectivity index (χ4n) is 3.24. The predicted molar refractivity (Wildman–Crippen MR) is 118 cm³/mol. The lowest BCUT2D eigenvalue weighted by Crippen LogP contribution is -2.35. The van der Waals surface area contributed by atoms with Crippen molar-refractivity contribution in [3.8, 4) is 11.6 Å². The van der Waals surface area contributed by atoms with Gasteiger partial charge in [0, 0.05) is 24.8 Å². The average Bonchev–Trinajstić information content (AvgIpc) is 3.27. The largest absolute Gasteiger partial charge is 0.497 e. The molecule has 2 aromatic heterocycles. The molecule has 1 aromatic carbocycles. The van der Waals surface area contributed by atoms with Crippen molar-refractivity contribution in [1.82, 2.24) is 25.4 Å². The minimum Gasteiger partial charge on any atom is -0.497 e. The zero-order valence-corrected chi connectivity index (χ0v) is 18.8. The Balaban J connectivity index is 1.63. The average molecular weight is 475 g/mol. The summed E-state index contributed by atoms with van der Waals surface area (Å²) >= 11 is 0. The van der Waals surface area contributed by atoms with Crippen molar-refractivity contribution in [2.45, 2.75) is 25.9 Å². The molecule has 2 heterocycles. The number of nitrogens with zero attached hydrogens (tertiary/aromatic N) is 3. The number of carbonyl (C=O) groups excluding carboxylic acids is 2. The van der Waals surface area contributed by atoms with Gasteiger partial charge in [0.05, 0.1) is 30.1 Å². The molecule has 2 amide bonds.